The minimum Gasteiger partial charge on any atom is -0.481 e. The molecule has 0 saturated heterocycles. The number of amides is 1. The van der Waals surface area contributed by atoms with Crippen molar-refractivity contribution >= 4 is 34.8 Å². The van der Waals surface area contributed by atoms with Gasteiger partial charge in [0.15, 0.2) is 0 Å². The van der Waals surface area contributed by atoms with E-state index in [1.165, 1.54) is 11.3 Å². The number of hydrogen-bond donors (Lipinski definition) is 2. The molecule has 16 heavy (non-hydrogen) atoms. The van der Waals surface area contributed by atoms with Crippen molar-refractivity contribution in [1.29, 1.82) is 0 Å². The number of carboxylic acids is 1. The number of thiophene rings is 1. The third-order valence-electron chi connectivity index (χ3n) is 2.07. The lowest BCUT2D eigenvalue weighted by molar-refractivity contribution is -0.137. The summed E-state index contributed by atoms with van der Waals surface area (Å²) in [5.41, 5.74) is 0. The summed E-state index contributed by atoms with van der Waals surface area (Å²) in [4.78, 5) is 22.6. The molecule has 0 radical (unpaired) electrons. The number of carbonyl (C=O) groups is 2. The Hall–Kier alpha value is -1.07. The molecule has 0 fully saturated rings. The standard InChI is InChI=1S/C10H12ClNO3S/c1-2-6(5-8(13)14)12-10(15)9-7(11)3-4-16-9/h3-4,6H,2,5H2,1H3,(H,12,15)(H,13,14). The van der Waals surface area contributed by atoms with Gasteiger partial charge in [0.25, 0.3) is 5.91 Å². The van der Waals surface area contributed by atoms with Crippen molar-refractivity contribution in [3.63, 3.8) is 0 Å². The first-order valence-electron chi connectivity index (χ1n) is 4.80. The largest absolute Gasteiger partial charge is 0.481 e. The van der Waals surface area contributed by atoms with Crippen LogP contribution < -0.4 is 5.32 Å². The molecule has 0 spiro atoms. The first-order chi connectivity index (χ1) is 7.54. The summed E-state index contributed by atoms with van der Waals surface area (Å²) in [5.74, 6) is -1.24. The van der Waals surface area contributed by atoms with Crippen LogP contribution in [0.25, 0.3) is 0 Å². The summed E-state index contributed by atoms with van der Waals surface area (Å²) in [6.45, 7) is 1.82. The van der Waals surface area contributed by atoms with Crippen LogP contribution in [-0.4, -0.2) is 23.0 Å². The Morgan fingerprint density at radius 2 is 2.31 bits per heavy atom. The summed E-state index contributed by atoms with van der Waals surface area (Å²) >= 11 is 7.04. The van der Waals surface area contributed by atoms with Crippen LogP contribution in [0.4, 0.5) is 0 Å². The van der Waals surface area contributed by atoms with Crippen LogP contribution in [0.5, 0.6) is 0 Å². The van der Waals surface area contributed by atoms with Crippen molar-refractivity contribution in [3.05, 3.63) is 21.3 Å². The topological polar surface area (TPSA) is 66.4 Å². The fourth-order valence-electron chi connectivity index (χ4n) is 1.21. The van der Waals surface area contributed by atoms with Crippen LogP contribution in [-0.2, 0) is 4.79 Å². The molecule has 1 aromatic heterocycles. The fraction of sp³-hybridized carbons (Fsp3) is 0.400. The highest BCUT2D eigenvalue weighted by molar-refractivity contribution is 7.12. The maximum atomic E-state index is 11.7. The third-order valence-corrected chi connectivity index (χ3v) is 3.41. The van der Waals surface area contributed by atoms with Crippen molar-refractivity contribution in [2.24, 2.45) is 0 Å². The number of nitrogens with one attached hydrogen (secondary N) is 1. The van der Waals surface area contributed by atoms with E-state index >= 15 is 0 Å². The summed E-state index contributed by atoms with van der Waals surface area (Å²) in [6.07, 6.45) is 0.492. The van der Waals surface area contributed by atoms with Gasteiger partial charge >= 0.3 is 5.97 Å². The average Bonchev–Trinajstić information content (AvgIpc) is 2.62. The van der Waals surface area contributed by atoms with Crippen molar-refractivity contribution in [1.82, 2.24) is 5.32 Å². The predicted octanol–water partition coefficient (Wildman–Crippen LogP) is 2.38. The van der Waals surface area contributed by atoms with Crippen molar-refractivity contribution < 1.29 is 14.7 Å². The zero-order valence-corrected chi connectivity index (χ0v) is 10.3. The number of carbonyl (C=O) groups excluding carboxylic acids is 1. The van der Waals surface area contributed by atoms with E-state index in [4.69, 9.17) is 16.7 Å². The summed E-state index contributed by atoms with van der Waals surface area (Å²) < 4.78 is 0. The molecule has 1 aromatic rings. The molecule has 0 saturated carbocycles. The quantitative estimate of drug-likeness (QED) is 0.855. The van der Waals surface area contributed by atoms with Gasteiger partial charge in [-0.3, -0.25) is 9.59 Å². The van der Waals surface area contributed by atoms with E-state index in [1.54, 1.807) is 11.4 Å². The van der Waals surface area contributed by atoms with Crippen molar-refractivity contribution in [3.8, 4) is 0 Å². The Kier molecular flexibility index (Phi) is 4.76. The zero-order valence-electron chi connectivity index (χ0n) is 8.70. The summed E-state index contributed by atoms with van der Waals surface area (Å²) in [6, 6.07) is 1.28. The molecule has 4 nitrogen and oxygen atoms in total. The molecule has 2 N–H and O–H groups in total. The first kappa shape index (κ1) is 13.0. The van der Waals surface area contributed by atoms with Crippen LogP contribution in [0.2, 0.25) is 5.02 Å². The van der Waals surface area contributed by atoms with Crippen LogP contribution in [0.1, 0.15) is 29.4 Å². The molecule has 6 heteroatoms. The SMILES string of the molecule is CCC(CC(=O)O)NC(=O)c1sccc1Cl. The first-order valence-corrected chi connectivity index (χ1v) is 6.06. The lowest BCUT2D eigenvalue weighted by atomic mass is 10.1. The molecule has 1 atom stereocenters. The molecule has 0 aliphatic rings. The van der Waals surface area contributed by atoms with Gasteiger partial charge < -0.3 is 10.4 Å². The molecule has 0 bridgehead atoms. The van der Waals surface area contributed by atoms with Gasteiger partial charge in [-0.15, -0.1) is 11.3 Å². The van der Waals surface area contributed by atoms with Gasteiger partial charge in [0.1, 0.15) is 4.88 Å². The van der Waals surface area contributed by atoms with Crippen LogP contribution in [0, 0.1) is 0 Å². The number of aliphatic carboxylic acids is 1. The van der Waals surface area contributed by atoms with Crippen LogP contribution in [0.3, 0.4) is 0 Å². The van der Waals surface area contributed by atoms with Gasteiger partial charge in [0.05, 0.1) is 11.4 Å². The van der Waals surface area contributed by atoms with Gasteiger partial charge in [0, 0.05) is 6.04 Å². The molecule has 0 aliphatic carbocycles. The second kappa shape index (κ2) is 5.86. The van der Waals surface area contributed by atoms with Gasteiger partial charge in [-0.2, -0.15) is 0 Å². The van der Waals surface area contributed by atoms with E-state index in [2.05, 4.69) is 5.32 Å². The zero-order chi connectivity index (χ0) is 12.1. The maximum Gasteiger partial charge on any atom is 0.305 e. The molecule has 0 aliphatic heterocycles. The predicted molar refractivity (Wildman–Crippen MR) is 63.1 cm³/mol. The Labute approximate surface area is 102 Å². The number of rotatable bonds is 5. The number of halogens is 1. The molecule has 1 rings (SSSR count). The van der Waals surface area contributed by atoms with E-state index in [0.29, 0.717) is 16.3 Å². The lowest BCUT2D eigenvalue weighted by Gasteiger charge is -2.14. The minimum absolute atomic E-state index is 0.0781. The average molecular weight is 262 g/mol. The summed E-state index contributed by atoms with van der Waals surface area (Å²) in [7, 11) is 0. The Morgan fingerprint density at radius 1 is 1.62 bits per heavy atom. The minimum atomic E-state index is -0.926. The molecule has 88 valence electrons. The fourth-order valence-corrected chi connectivity index (χ4v) is 2.26. The maximum absolute atomic E-state index is 11.7. The highest BCUT2D eigenvalue weighted by atomic mass is 35.5. The van der Waals surface area contributed by atoms with E-state index in [0.717, 1.165) is 0 Å². The highest BCUT2D eigenvalue weighted by Gasteiger charge is 2.17. The lowest BCUT2D eigenvalue weighted by Crippen LogP contribution is -2.35. The van der Waals surface area contributed by atoms with Crippen molar-refractivity contribution in [2.45, 2.75) is 25.8 Å². The second-order valence-corrected chi connectivity index (χ2v) is 4.60. The van der Waals surface area contributed by atoms with E-state index in [-0.39, 0.29) is 18.4 Å². The van der Waals surface area contributed by atoms with Gasteiger partial charge in [0.2, 0.25) is 0 Å². The third kappa shape index (κ3) is 3.50. The molecule has 0 aromatic carbocycles. The second-order valence-electron chi connectivity index (χ2n) is 3.27. The van der Waals surface area contributed by atoms with Crippen LogP contribution >= 0.6 is 22.9 Å². The molecule has 1 amide bonds. The molecular formula is C10H12ClNO3S. The molecule has 1 unspecified atom stereocenters. The Balaban J connectivity index is 2.62. The Bertz CT molecular complexity index is 391. The molecule has 1 heterocycles. The molecular weight excluding hydrogens is 250 g/mol. The summed E-state index contributed by atoms with van der Waals surface area (Å²) in [5, 5.41) is 13.4. The number of carboxylic acid groups (broad SMARTS) is 1. The smallest absolute Gasteiger partial charge is 0.305 e. The van der Waals surface area contributed by atoms with E-state index < -0.39 is 5.97 Å². The normalized spacial score (nSPS) is 12.1. The van der Waals surface area contributed by atoms with Gasteiger partial charge in [-0.05, 0) is 17.9 Å². The Morgan fingerprint density at radius 3 is 2.75 bits per heavy atom. The van der Waals surface area contributed by atoms with Gasteiger partial charge in [-0.1, -0.05) is 18.5 Å². The van der Waals surface area contributed by atoms with E-state index in [9.17, 15) is 9.59 Å². The van der Waals surface area contributed by atoms with E-state index in [1.807, 2.05) is 6.92 Å². The monoisotopic (exact) mass is 261 g/mol. The van der Waals surface area contributed by atoms with Crippen molar-refractivity contribution in [2.75, 3.05) is 0 Å². The number of hydrogen-bond acceptors (Lipinski definition) is 3. The van der Waals surface area contributed by atoms with Crippen LogP contribution in [0.15, 0.2) is 11.4 Å². The van der Waals surface area contributed by atoms with Gasteiger partial charge in [-0.25, -0.2) is 0 Å². The highest BCUT2D eigenvalue weighted by Crippen LogP contribution is 2.21.